The molecule has 1 aromatic rings. The van der Waals surface area contributed by atoms with Crippen LogP contribution in [0.1, 0.15) is 63.9 Å². The first-order valence-electron chi connectivity index (χ1n) is 8.98. The number of hydrogen-bond donors (Lipinski definition) is 1. The van der Waals surface area contributed by atoms with Crippen LogP contribution in [0, 0.1) is 17.3 Å². The third-order valence-electron chi connectivity index (χ3n) is 6.30. The molecule has 1 amide bonds. The van der Waals surface area contributed by atoms with Gasteiger partial charge in [-0.05, 0) is 67.9 Å². The van der Waals surface area contributed by atoms with Crippen molar-refractivity contribution in [2.45, 2.75) is 63.2 Å². The quantitative estimate of drug-likeness (QED) is 0.745. The molecule has 23 heavy (non-hydrogen) atoms. The molecular weight excluding hydrogens is 306 g/mol. The van der Waals surface area contributed by atoms with Crippen molar-refractivity contribution in [3.63, 3.8) is 0 Å². The first kappa shape index (κ1) is 15.5. The van der Waals surface area contributed by atoms with Crippen LogP contribution in [0.4, 0.5) is 5.69 Å². The normalized spacial score (nSPS) is 38.1. The molecule has 0 spiro atoms. The first-order valence-corrected chi connectivity index (χ1v) is 9.36. The van der Waals surface area contributed by atoms with Crippen molar-refractivity contribution < 1.29 is 4.79 Å². The van der Waals surface area contributed by atoms with E-state index < -0.39 is 0 Å². The zero-order chi connectivity index (χ0) is 16.2. The summed E-state index contributed by atoms with van der Waals surface area (Å²) >= 11 is 6.87. The van der Waals surface area contributed by atoms with E-state index in [0.29, 0.717) is 17.8 Å². The van der Waals surface area contributed by atoms with Gasteiger partial charge in [0.2, 0.25) is 5.91 Å². The molecule has 0 radical (unpaired) electrons. The number of carbonyl (C=O) groups is 1. The lowest BCUT2D eigenvalue weighted by Crippen LogP contribution is -2.57. The summed E-state index contributed by atoms with van der Waals surface area (Å²) in [5, 5.41) is 3.27. The second-order valence-corrected chi connectivity index (χ2v) is 9.39. The average Bonchev–Trinajstić information content (AvgIpc) is 2.45. The van der Waals surface area contributed by atoms with Gasteiger partial charge in [-0.15, -0.1) is 11.6 Å². The lowest BCUT2D eigenvalue weighted by molar-refractivity contribution is -0.138. The molecule has 2 nitrogen and oxygen atoms in total. The van der Waals surface area contributed by atoms with E-state index in [1.807, 2.05) is 18.2 Å². The van der Waals surface area contributed by atoms with Gasteiger partial charge in [0.05, 0.1) is 5.41 Å². The van der Waals surface area contributed by atoms with Crippen molar-refractivity contribution >= 4 is 23.2 Å². The molecule has 0 saturated heterocycles. The Balaban J connectivity index is 1.61. The second kappa shape index (κ2) is 5.24. The van der Waals surface area contributed by atoms with Gasteiger partial charge in [0.25, 0.3) is 0 Å². The van der Waals surface area contributed by atoms with Crippen LogP contribution in [0.15, 0.2) is 24.3 Å². The van der Waals surface area contributed by atoms with Gasteiger partial charge in [0.15, 0.2) is 0 Å². The molecule has 2 unspecified atom stereocenters. The number of hydrogen-bond acceptors (Lipinski definition) is 1. The third-order valence-corrected chi connectivity index (χ3v) is 6.74. The summed E-state index contributed by atoms with van der Waals surface area (Å²) in [6.07, 6.45) is 6.45. The molecule has 5 rings (SSSR count). The predicted molar refractivity (Wildman–Crippen MR) is 94.9 cm³/mol. The summed E-state index contributed by atoms with van der Waals surface area (Å²) in [6.45, 7) is 4.34. The van der Waals surface area contributed by atoms with Crippen LogP contribution < -0.4 is 5.32 Å². The van der Waals surface area contributed by atoms with Crippen LogP contribution in [0.2, 0.25) is 0 Å². The fourth-order valence-corrected chi connectivity index (χ4v) is 6.48. The molecule has 124 valence electrons. The van der Waals surface area contributed by atoms with Crippen molar-refractivity contribution in [3.05, 3.63) is 29.8 Å². The van der Waals surface area contributed by atoms with Crippen molar-refractivity contribution in [3.8, 4) is 0 Å². The average molecular weight is 332 g/mol. The van der Waals surface area contributed by atoms with Gasteiger partial charge in [-0.2, -0.15) is 0 Å². The number of amides is 1. The third kappa shape index (κ3) is 2.59. The van der Waals surface area contributed by atoms with E-state index in [1.54, 1.807) is 0 Å². The topological polar surface area (TPSA) is 29.1 Å². The molecule has 0 aliphatic heterocycles. The molecule has 4 saturated carbocycles. The molecular formula is C20H26ClNO. The molecule has 4 aliphatic carbocycles. The first-order chi connectivity index (χ1) is 10.9. The number of benzene rings is 1. The Morgan fingerprint density at radius 2 is 1.83 bits per heavy atom. The number of para-hydroxylation sites is 1. The maximum Gasteiger partial charge on any atom is 0.230 e. The lowest BCUT2D eigenvalue weighted by atomic mass is 9.49. The fraction of sp³-hybridized carbons (Fsp3) is 0.650. The monoisotopic (exact) mass is 331 g/mol. The Bertz CT molecular complexity index is 624. The van der Waals surface area contributed by atoms with E-state index in [9.17, 15) is 4.79 Å². The van der Waals surface area contributed by atoms with Gasteiger partial charge >= 0.3 is 0 Å². The van der Waals surface area contributed by atoms with Gasteiger partial charge in [-0.1, -0.05) is 32.0 Å². The minimum absolute atomic E-state index is 0.112. The number of anilines is 1. The second-order valence-electron chi connectivity index (χ2n) is 8.59. The molecule has 4 aliphatic rings. The number of alkyl halides is 1. The molecule has 4 fully saturated rings. The van der Waals surface area contributed by atoms with Gasteiger partial charge in [-0.25, -0.2) is 0 Å². The largest absolute Gasteiger partial charge is 0.325 e. The van der Waals surface area contributed by atoms with Crippen LogP contribution in [0.3, 0.4) is 0 Å². The fourth-order valence-electron chi connectivity index (χ4n) is 5.79. The van der Waals surface area contributed by atoms with E-state index in [4.69, 9.17) is 11.6 Å². The Morgan fingerprint density at radius 1 is 1.17 bits per heavy atom. The lowest BCUT2D eigenvalue weighted by Gasteiger charge is -2.59. The Labute approximate surface area is 144 Å². The summed E-state index contributed by atoms with van der Waals surface area (Å²) in [6, 6.07) is 8.20. The van der Waals surface area contributed by atoms with E-state index in [-0.39, 0.29) is 16.2 Å². The van der Waals surface area contributed by atoms with E-state index in [0.717, 1.165) is 37.8 Å². The van der Waals surface area contributed by atoms with Crippen LogP contribution >= 0.6 is 11.6 Å². The Morgan fingerprint density at radius 3 is 2.43 bits per heavy atom. The molecule has 1 N–H and O–H groups in total. The minimum atomic E-state index is -0.226. The zero-order valence-corrected chi connectivity index (χ0v) is 14.8. The van der Waals surface area contributed by atoms with Crippen LogP contribution in [-0.4, -0.2) is 10.8 Å². The number of rotatable bonds is 3. The van der Waals surface area contributed by atoms with Crippen LogP contribution in [0.5, 0.6) is 0 Å². The highest BCUT2D eigenvalue weighted by Gasteiger charge is 2.60. The Hall–Kier alpha value is -1.02. The number of carbonyl (C=O) groups excluding carboxylic acids is 1. The minimum Gasteiger partial charge on any atom is -0.325 e. The van der Waals surface area contributed by atoms with Crippen molar-refractivity contribution in [2.24, 2.45) is 17.3 Å². The highest BCUT2D eigenvalue weighted by atomic mass is 35.5. The molecule has 0 aromatic heterocycles. The van der Waals surface area contributed by atoms with Crippen LogP contribution in [-0.2, 0) is 4.79 Å². The predicted octanol–water partition coefficient (Wildman–Crippen LogP) is 5.33. The van der Waals surface area contributed by atoms with E-state index in [1.165, 1.54) is 12.0 Å². The van der Waals surface area contributed by atoms with Gasteiger partial charge in [0, 0.05) is 10.6 Å². The zero-order valence-electron chi connectivity index (χ0n) is 14.1. The summed E-state index contributed by atoms with van der Waals surface area (Å²) in [7, 11) is 0. The number of nitrogens with one attached hydrogen (secondary N) is 1. The summed E-state index contributed by atoms with van der Waals surface area (Å²) in [5.74, 6) is 1.92. The number of halogens is 1. The molecule has 1 aromatic carbocycles. The van der Waals surface area contributed by atoms with Gasteiger partial charge in [0.1, 0.15) is 0 Å². The molecule has 3 heteroatoms. The van der Waals surface area contributed by atoms with Crippen LogP contribution in [0.25, 0.3) is 0 Å². The maximum absolute atomic E-state index is 13.2. The molecule has 0 heterocycles. The standard InChI is InChI=1S/C20H26ClNO/c1-13(2)16-5-3-4-6-17(16)22-18(23)19-8-14-7-15(9-19)11-20(21,10-14)12-19/h3-6,13-15H,7-12H2,1-2H3,(H,22,23)/t14-,15+,19?,20?. The van der Waals surface area contributed by atoms with Crippen molar-refractivity contribution in [2.75, 3.05) is 5.32 Å². The summed E-state index contributed by atoms with van der Waals surface area (Å²) < 4.78 is 0. The highest BCUT2D eigenvalue weighted by Crippen LogP contribution is 2.64. The van der Waals surface area contributed by atoms with Gasteiger partial charge in [-0.3, -0.25) is 4.79 Å². The van der Waals surface area contributed by atoms with E-state index in [2.05, 4.69) is 25.2 Å². The summed E-state index contributed by atoms with van der Waals surface area (Å²) in [4.78, 5) is 13.1. The van der Waals surface area contributed by atoms with E-state index >= 15 is 0 Å². The van der Waals surface area contributed by atoms with Crippen molar-refractivity contribution in [1.82, 2.24) is 0 Å². The maximum atomic E-state index is 13.2. The summed E-state index contributed by atoms with van der Waals surface area (Å²) in [5.41, 5.74) is 1.97. The highest BCUT2D eigenvalue weighted by molar-refractivity contribution is 6.24. The SMILES string of the molecule is CC(C)c1ccccc1NC(=O)C12C[C@@H]3C[C@@H](CC(Cl)(C3)C1)C2. The molecule has 4 atom stereocenters. The van der Waals surface area contributed by atoms with Gasteiger partial charge < -0.3 is 5.32 Å². The molecule has 4 bridgehead atoms. The Kier molecular flexibility index (Phi) is 3.53. The smallest absolute Gasteiger partial charge is 0.230 e. The van der Waals surface area contributed by atoms with Crippen molar-refractivity contribution in [1.29, 1.82) is 0 Å².